The summed E-state index contributed by atoms with van der Waals surface area (Å²) in [5, 5.41) is 0.188. The summed E-state index contributed by atoms with van der Waals surface area (Å²) in [4.78, 5) is 0. The van der Waals surface area contributed by atoms with E-state index >= 15 is 0 Å². The topological polar surface area (TPSA) is 27.7 Å². The van der Waals surface area contributed by atoms with E-state index in [-0.39, 0.29) is 11.8 Å². The van der Waals surface area contributed by atoms with Crippen LogP contribution in [-0.2, 0) is 11.2 Å². The highest BCUT2D eigenvalue weighted by molar-refractivity contribution is 6.74. The van der Waals surface area contributed by atoms with Crippen LogP contribution in [0, 0.1) is 13.8 Å². The molecule has 0 atom stereocenters. The predicted octanol–water partition coefficient (Wildman–Crippen LogP) is 7.38. The molecule has 0 unspecified atom stereocenters. The van der Waals surface area contributed by atoms with E-state index < -0.39 is 8.32 Å². The van der Waals surface area contributed by atoms with Gasteiger partial charge >= 0.3 is 0 Å². The molecule has 0 saturated carbocycles. The molecule has 0 aliphatic carbocycles. The Balaban J connectivity index is 2.30. The third kappa shape index (κ3) is 5.89. The maximum Gasteiger partial charge on any atom is 0.250 e. The number of rotatable bonds is 8. The van der Waals surface area contributed by atoms with Crippen LogP contribution in [0.4, 0.5) is 0 Å². The van der Waals surface area contributed by atoms with Gasteiger partial charge in [0.2, 0.25) is 8.32 Å². The fourth-order valence-electron chi connectivity index (χ4n) is 3.36. The molecular formula is C26H40O3Si. The average molecular weight is 429 g/mol. The van der Waals surface area contributed by atoms with Gasteiger partial charge < -0.3 is 13.9 Å². The Kier molecular flexibility index (Phi) is 7.81. The van der Waals surface area contributed by atoms with Crippen molar-refractivity contribution in [1.82, 2.24) is 0 Å². The van der Waals surface area contributed by atoms with Crippen LogP contribution in [0.3, 0.4) is 0 Å². The quantitative estimate of drug-likeness (QED) is 0.324. The zero-order valence-electron chi connectivity index (χ0n) is 20.6. The molecule has 0 N–H and O–H groups in total. The van der Waals surface area contributed by atoms with Crippen LogP contribution in [0.5, 0.6) is 11.5 Å². The van der Waals surface area contributed by atoms with Crippen molar-refractivity contribution in [2.75, 3.05) is 13.9 Å². The molecule has 2 aromatic rings. The van der Waals surface area contributed by atoms with Gasteiger partial charge in [0.1, 0.15) is 11.5 Å². The molecule has 0 spiro atoms. The molecule has 2 aromatic carbocycles. The predicted molar refractivity (Wildman–Crippen MR) is 130 cm³/mol. The van der Waals surface area contributed by atoms with Gasteiger partial charge in [-0.2, -0.15) is 0 Å². The monoisotopic (exact) mass is 428 g/mol. The highest BCUT2D eigenvalue weighted by Crippen LogP contribution is 2.38. The molecule has 0 aromatic heterocycles. The van der Waals surface area contributed by atoms with Crippen molar-refractivity contribution in [3.8, 4) is 11.5 Å². The number of ether oxygens (including phenoxy) is 2. The number of hydrogen-bond donors (Lipinski definition) is 0. The minimum atomic E-state index is -1.84. The van der Waals surface area contributed by atoms with Gasteiger partial charge in [-0.15, -0.1) is 0 Å². The summed E-state index contributed by atoms with van der Waals surface area (Å²) >= 11 is 0. The van der Waals surface area contributed by atoms with Gasteiger partial charge in [0.15, 0.2) is 6.79 Å². The molecule has 2 rings (SSSR count). The van der Waals surface area contributed by atoms with E-state index in [0.717, 1.165) is 17.9 Å². The Morgan fingerprint density at radius 3 is 2.07 bits per heavy atom. The summed E-state index contributed by atoms with van der Waals surface area (Å²) in [5.74, 6) is 2.30. The summed E-state index contributed by atoms with van der Waals surface area (Å²) in [6.07, 6.45) is 0.905. The standard InChI is InChI=1S/C26H40O3Si/c1-18(2)23-15-21(11-12-25(23)28-17-27-8)16-24-19(3)13-22(14-20(24)4)29-30(9,10)26(5,6)7/h11-15,18H,16-17H2,1-10H3. The lowest BCUT2D eigenvalue weighted by Crippen LogP contribution is -2.43. The van der Waals surface area contributed by atoms with Gasteiger partial charge in [-0.25, -0.2) is 0 Å². The zero-order valence-corrected chi connectivity index (χ0v) is 21.6. The van der Waals surface area contributed by atoms with Crippen molar-refractivity contribution < 1.29 is 13.9 Å². The molecule has 0 radical (unpaired) electrons. The maximum atomic E-state index is 6.55. The van der Waals surface area contributed by atoms with Crippen molar-refractivity contribution in [3.05, 3.63) is 58.1 Å². The van der Waals surface area contributed by atoms with Crippen molar-refractivity contribution >= 4 is 8.32 Å². The number of benzene rings is 2. The Bertz CT molecular complexity index is 840. The van der Waals surface area contributed by atoms with Crippen LogP contribution < -0.4 is 9.16 Å². The molecular weight excluding hydrogens is 388 g/mol. The minimum Gasteiger partial charge on any atom is -0.543 e. The summed E-state index contributed by atoms with van der Waals surface area (Å²) in [5.41, 5.74) is 6.47. The van der Waals surface area contributed by atoms with E-state index in [1.165, 1.54) is 27.8 Å². The summed E-state index contributed by atoms with van der Waals surface area (Å²) in [7, 11) is -0.199. The Morgan fingerprint density at radius 1 is 0.967 bits per heavy atom. The van der Waals surface area contributed by atoms with Gasteiger partial charge in [0.05, 0.1) is 0 Å². The first-order valence-electron chi connectivity index (χ1n) is 10.9. The molecule has 166 valence electrons. The second kappa shape index (κ2) is 9.57. The van der Waals surface area contributed by atoms with Crippen LogP contribution in [0.2, 0.25) is 18.1 Å². The molecule has 0 saturated heterocycles. The van der Waals surface area contributed by atoms with Gasteiger partial charge in [0, 0.05) is 7.11 Å². The number of hydrogen-bond acceptors (Lipinski definition) is 3. The Hall–Kier alpha value is -1.78. The molecule has 0 amide bonds. The molecule has 3 nitrogen and oxygen atoms in total. The lowest BCUT2D eigenvalue weighted by molar-refractivity contribution is 0.0502. The summed E-state index contributed by atoms with van der Waals surface area (Å²) in [6, 6.07) is 10.9. The van der Waals surface area contributed by atoms with E-state index in [2.05, 4.69) is 91.9 Å². The SMILES string of the molecule is COCOc1ccc(Cc2c(C)cc(O[Si](C)(C)C(C)(C)C)cc2C)cc1C(C)C. The Labute approximate surface area is 184 Å². The highest BCUT2D eigenvalue weighted by atomic mass is 28.4. The number of methoxy groups -OCH3 is 1. The Morgan fingerprint density at radius 2 is 1.57 bits per heavy atom. The second-order valence-corrected chi connectivity index (χ2v) is 14.9. The molecule has 0 aliphatic heterocycles. The number of aryl methyl sites for hydroxylation is 2. The molecule has 0 aliphatic rings. The molecule has 0 fully saturated rings. The molecule has 0 bridgehead atoms. The van der Waals surface area contributed by atoms with Crippen LogP contribution in [0.15, 0.2) is 30.3 Å². The fourth-order valence-corrected chi connectivity index (χ4v) is 4.37. The van der Waals surface area contributed by atoms with E-state index in [1.807, 2.05) is 0 Å². The normalized spacial score (nSPS) is 12.4. The zero-order chi connectivity index (χ0) is 22.7. The first-order chi connectivity index (χ1) is 13.9. The summed E-state index contributed by atoms with van der Waals surface area (Å²) in [6.45, 7) is 20.5. The van der Waals surface area contributed by atoms with Gasteiger partial charge in [0.25, 0.3) is 0 Å². The minimum absolute atomic E-state index is 0.188. The highest BCUT2D eigenvalue weighted by Gasteiger charge is 2.39. The first kappa shape index (κ1) is 24.5. The molecule has 4 heteroatoms. The second-order valence-electron chi connectivity index (χ2n) is 10.2. The van der Waals surface area contributed by atoms with Crippen molar-refractivity contribution in [1.29, 1.82) is 0 Å². The summed E-state index contributed by atoms with van der Waals surface area (Å²) < 4.78 is 17.4. The van der Waals surface area contributed by atoms with Crippen molar-refractivity contribution in [2.45, 2.75) is 78.9 Å². The van der Waals surface area contributed by atoms with Crippen LogP contribution >= 0.6 is 0 Å². The van der Waals surface area contributed by atoms with Gasteiger partial charge in [-0.1, -0.05) is 46.8 Å². The fraction of sp³-hybridized carbons (Fsp3) is 0.538. The molecule has 30 heavy (non-hydrogen) atoms. The lowest BCUT2D eigenvalue weighted by Gasteiger charge is -2.36. The van der Waals surface area contributed by atoms with E-state index in [9.17, 15) is 0 Å². The van der Waals surface area contributed by atoms with Crippen molar-refractivity contribution in [3.63, 3.8) is 0 Å². The smallest absolute Gasteiger partial charge is 0.250 e. The van der Waals surface area contributed by atoms with Crippen molar-refractivity contribution in [2.24, 2.45) is 0 Å². The van der Waals surface area contributed by atoms with E-state index in [1.54, 1.807) is 7.11 Å². The largest absolute Gasteiger partial charge is 0.543 e. The van der Waals surface area contributed by atoms with Crippen LogP contribution in [0.25, 0.3) is 0 Å². The maximum absolute atomic E-state index is 6.55. The van der Waals surface area contributed by atoms with Crippen LogP contribution in [0.1, 0.15) is 68.4 Å². The lowest BCUT2D eigenvalue weighted by atomic mass is 9.93. The molecule has 0 heterocycles. The first-order valence-corrected chi connectivity index (χ1v) is 13.8. The van der Waals surface area contributed by atoms with E-state index in [4.69, 9.17) is 13.9 Å². The third-order valence-electron chi connectivity index (χ3n) is 6.26. The van der Waals surface area contributed by atoms with E-state index in [0.29, 0.717) is 5.92 Å². The van der Waals surface area contributed by atoms with Gasteiger partial charge in [-0.05, 0) is 90.3 Å². The van der Waals surface area contributed by atoms with Gasteiger partial charge in [-0.3, -0.25) is 0 Å². The average Bonchev–Trinajstić information content (AvgIpc) is 2.62. The third-order valence-corrected chi connectivity index (χ3v) is 10.6. The van der Waals surface area contributed by atoms with Crippen LogP contribution in [-0.4, -0.2) is 22.2 Å².